The van der Waals surface area contributed by atoms with Crippen molar-refractivity contribution in [1.29, 1.82) is 0 Å². The van der Waals surface area contributed by atoms with E-state index in [0.29, 0.717) is 31.8 Å². The van der Waals surface area contributed by atoms with E-state index in [1.807, 2.05) is 0 Å². The van der Waals surface area contributed by atoms with Crippen molar-refractivity contribution in [2.45, 2.75) is 62.6 Å². The van der Waals surface area contributed by atoms with Gasteiger partial charge in [-0.1, -0.05) is 12.8 Å². The third-order valence-corrected chi connectivity index (χ3v) is 5.90. The van der Waals surface area contributed by atoms with Gasteiger partial charge in [0.1, 0.15) is 31.2 Å². The molecule has 9 heteroatoms. The van der Waals surface area contributed by atoms with Crippen LogP contribution in [0.4, 0.5) is 0 Å². The highest BCUT2D eigenvalue weighted by atomic mass is 16.6. The van der Waals surface area contributed by atoms with Gasteiger partial charge in [0.25, 0.3) is 0 Å². The SMILES string of the molecule is C1CCC2OC2C1.COC.O=C(OCC1CO1)C1C=C2OC2CC1C(=O)OCC1CO1. The molecule has 2 aliphatic carbocycles. The van der Waals surface area contributed by atoms with Gasteiger partial charge < -0.3 is 33.2 Å². The van der Waals surface area contributed by atoms with Gasteiger partial charge in [0.15, 0.2) is 6.10 Å². The number of methoxy groups -OCH3 is 1. The van der Waals surface area contributed by atoms with Crippen LogP contribution in [0.15, 0.2) is 11.8 Å². The monoisotopic (exact) mass is 440 g/mol. The van der Waals surface area contributed by atoms with E-state index in [-0.39, 0.29) is 37.5 Å². The molecule has 4 heterocycles. The number of fused-ring (bicyclic) bond motifs is 2. The molecular formula is C22H32O9. The van der Waals surface area contributed by atoms with Crippen LogP contribution in [0.25, 0.3) is 0 Å². The molecule has 0 amide bonds. The van der Waals surface area contributed by atoms with Gasteiger partial charge in [-0.15, -0.1) is 0 Å². The lowest BCUT2D eigenvalue weighted by molar-refractivity contribution is -0.160. The van der Waals surface area contributed by atoms with Gasteiger partial charge in [0.05, 0.1) is 37.3 Å². The first-order valence-corrected chi connectivity index (χ1v) is 11.1. The number of ether oxygens (including phenoxy) is 7. The predicted molar refractivity (Wildman–Crippen MR) is 106 cm³/mol. The summed E-state index contributed by atoms with van der Waals surface area (Å²) in [6.07, 6.45) is 9.01. The first kappa shape index (κ1) is 22.5. The summed E-state index contributed by atoms with van der Waals surface area (Å²) in [7, 11) is 3.25. The molecule has 0 aromatic carbocycles. The van der Waals surface area contributed by atoms with Crippen molar-refractivity contribution in [2.75, 3.05) is 40.6 Å². The van der Waals surface area contributed by atoms with Gasteiger partial charge in [-0.2, -0.15) is 0 Å². The molecular weight excluding hydrogens is 408 g/mol. The van der Waals surface area contributed by atoms with E-state index in [1.165, 1.54) is 25.7 Å². The molecule has 5 fully saturated rings. The van der Waals surface area contributed by atoms with E-state index in [0.717, 1.165) is 5.76 Å². The molecule has 1 saturated carbocycles. The van der Waals surface area contributed by atoms with E-state index in [2.05, 4.69) is 4.74 Å². The van der Waals surface area contributed by atoms with Gasteiger partial charge in [0, 0.05) is 20.6 Å². The zero-order valence-electron chi connectivity index (χ0n) is 18.2. The van der Waals surface area contributed by atoms with E-state index in [1.54, 1.807) is 20.3 Å². The van der Waals surface area contributed by atoms with Crippen LogP contribution in [-0.4, -0.2) is 83.1 Å². The Morgan fingerprint density at radius 2 is 1.52 bits per heavy atom. The van der Waals surface area contributed by atoms with Gasteiger partial charge in [-0.05, 0) is 18.9 Å². The molecule has 9 nitrogen and oxygen atoms in total. The number of rotatable bonds is 6. The highest BCUT2D eigenvalue weighted by molar-refractivity contribution is 5.84. The normalized spacial score (nSPS) is 37.5. The van der Waals surface area contributed by atoms with Crippen molar-refractivity contribution in [3.8, 4) is 0 Å². The summed E-state index contributed by atoms with van der Waals surface area (Å²) in [6, 6.07) is 0. The van der Waals surface area contributed by atoms with Crippen LogP contribution in [-0.2, 0) is 42.7 Å². The standard InChI is InChI=1S/C14H16O7.C6H10O.C2H6O/c15-13(19-5-7-3-17-7)9-1-11-12(21-11)2-10(9)14(16)20-6-8-4-18-8;1-2-4-6-5(3-1)7-6;1-3-2/h1,7-10,12H,2-6H2;5-6H,1-4H2;1-2H3. The van der Waals surface area contributed by atoms with Crippen molar-refractivity contribution in [1.82, 2.24) is 0 Å². The van der Waals surface area contributed by atoms with Gasteiger partial charge >= 0.3 is 11.9 Å². The maximum Gasteiger partial charge on any atom is 0.313 e. The third kappa shape index (κ3) is 6.90. The second-order valence-electron chi connectivity index (χ2n) is 8.62. The molecule has 4 aliphatic heterocycles. The average Bonchev–Trinajstić information content (AvgIpc) is 3.64. The summed E-state index contributed by atoms with van der Waals surface area (Å²) in [5.41, 5.74) is 0. The molecule has 0 N–H and O–H groups in total. The first-order valence-electron chi connectivity index (χ1n) is 11.1. The molecule has 0 aromatic heterocycles. The maximum atomic E-state index is 12.2. The molecule has 7 unspecified atom stereocenters. The largest absolute Gasteiger partial charge is 0.483 e. The highest BCUT2D eigenvalue weighted by Gasteiger charge is 2.49. The van der Waals surface area contributed by atoms with Crippen LogP contribution in [0, 0.1) is 11.8 Å². The number of hydrogen-bond donors (Lipinski definition) is 0. The lowest BCUT2D eigenvalue weighted by Gasteiger charge is -2.22. The zero-order valence-corrected chi connectivity index (χ0v) is 18.2. The summed E-state index contributed by atoms with van der Waals surface area (Å²) >= 11 is 0. The van der Waals surface area contributed by atoms with Gasteiger partial charge in [-0.3, -0.25) is 9.59 Å². The Labute approximate surface area is 182 Å². The highest BCUT2D eigenvalue weighted by Crippen LogP contribution is 2.42. The molecule has 6 aliphatic rings. The molecule has 31 heavy (non-hydrogen) atoms. The minimum atomic E-state index is -0.634. The molecule has 4 saturated heterocycles. The van der Waals surface area contributed by atoms with Crippen molar-refractivity contribution in [3.05, 3.63) is 11.8 Å². The summed E-state index contributed by atoms with van der Waals surface area (Å²) in [5.74, 6) is -1.22. The second kappa shape index (κ2) is 10.3. The molecule has 174 valence electrons. The van der Waals surface area contributed by atoms with E-state index >= 15 is 0 Å². The van der Waals surface area contributed by atoms with Gasteiger partial charge in [-0.25, -0.2) is 0 Å². The van der Waals surface area contributed by atoms with Crippen LogP contribution in [0.3, 0.4) is 0 Å². The summed E-state index contributed by atoms with van der Waals surface area (Å²) in [6.45, 7) is 1.73. The number of esters is 2. The average molecular weight is 440 g/mol. The zero-order chi connectivity index (χ0) is 21.8. The number of hydrogen-bond acceptors (Lipinski definition) is 9. The minimum Gasteiger partial charge on any atom is -0.483 e. The number of carbonyl (C=O) groups is 2. The van der Waals surface area contributed by atoms with Crippen LogP contribution < -0.4 is 0 Å². The number of epoxide rings is 4. The van der Waals surface area contributed by atoms with E-state index < -0.39 is 17.8 Å². The first-order chi connectivity index (χ1) is 15.1. The third-order valence-electron chi connectivity index (χ3n) is 5.90. The lowest BCUT2D eigenvalue weighted by Crippen LogP contribution is -2.35. The fourth-order valence-corrected chi connectivity index (χ4v) is 3.85. The summed E-state index contributed by atoms with van der Waals surface area (Å²) in [4.78, 5) is 24.3. The molecule has 0 radical (unpaired) electrons. The van der Waals surface area contributed by atoms with E-state index in [9.17, 15) is 9.59 Å². The molecule has 6 rings (SSSR count). The Morgan fingerprint density at radius 3 is 2.03 bits per heavy atom. The Kier molecular flexibility index (Phi) is 7.47. The number of carbonyl (C=O) groups excluding carboxylic acids is 2. The molecule has 0 aromatic rings. The molecule has 0 bridgehead atoms. The van der Waals surface area contributed by atoms with Crippen molar-refractivity contribution in [3.63, 3.8) is 0 Å². The molecule has 7 atom stereocenters. The van der Waals surface area contributed by atoms with Crippen LogP contribution >= 0.6 is 0 Å². The Bertz CT molecular complexity index is 660. The second-order valence-corrected chi connectivity index (χ2v) is 8.62. The summed E-state index contributed by atoms with van der Waals surface area (Å²) in [5, 5.41) is 0. The van der Waals surface area contributed by atoms with Crippen molar-refractivity contribution < 1.29 is 42.7 Å². The smallest absolute Gasteiger partial charge is 0.313 e. The van der Waals surface area contributed by atoms with Crippen LogP contribution in [0.1, 0.15) is 32.1 Å². The van der Waals surface area contributed by atoms with Crippen LogP contribution in [0.5, 0.6) is 0 Å². The maximum absolute atomic E-state index is 12.2. The van der Waals surface area contributed by atoms with E-state index in [4.69, 9.17) is 28.4 Å². The van der Waals surface area contributed by atoms with Crippen molar-refractivity contribution in [2.24, 2.45) is 11.8 Å². The summed E-state index contributed by atoms with van der Waals surface area (Å²) < 4.78 is 35.2. The lowest BCUT2D eigenvalue weighted by atomic mass is 9.84. The van der Waals surface area contributed by atoms with Crippen LogP contribution in [0.2, 0.25) is 0 Å². The van der Waals surface area contributed by atoms with Crippen molar-refractivity contribution >= 4 is 11.9 Å². The minimum absolute atomic E-state index is 0.00698. The van der Waals surface area contributed by atoms with Gasteiger partial charge in [0.2, 0.25) is 0 Å². The Morgan fingerprint density at radius 1 is 0.968 bits per heavy atom. The fraction of sp³-hybridized carbons (Fsp3) is 0.818. The topological polar surface area (TPSA) is 112 Å². The Balaban J connectivity index is 0.000000191. The fourth-order valence-electron chi connectivity index (χ4n) is 3.85. The quantitative estimate of drug-likeness (QED) is 0.446. The predicted octanol–water partition coefficient (Wildman–Crippen LogP) is 1.38. The Hall–Kier alpha value is -1.68. The molecule has 0 spiro atoms.